The van der Waals surface area contributed by atoms with Gasteiger partial charge in [-0.15, -0.1) is 15.3 Å². The van der Waals surface area contributed by atoms with Crippen molar-refractivity contribution >= 4 is 11.5 Å². The van der Waals surface area contributed by atoms with Crippen molar-refractivity contribution in [3.63, 3.8) is 0 Å². The lowest BCUT2D eigenvalue weighted by Gasteiger charge is -2.33. The minimum absolute atomic E-state index is 0.116. The van der Waals surface area contributed by atoms with Gasteiger partial charge in [-0.25, -0.2) is 4.39 Å². The van der Waals surface area contributed by atoms with Gasteiger partial charge in [-0.05, 0) is 38.1 Å². The molecule has 148 valence electrons. The number of aryl methyl sites for hydroxylation is 1. The van der Waals surface area contributed by atoms with Gasteiger partial charge in [0.15, 0.2) is 17.3 Å². The van der Waals surface area contributed by atoms with E-state index in [9.17, 15) is 4.39 Å². The first-order valence-electron chi connectivity index (χ1n) is 9.44. The summed E-state index contributed by atoms with van der Waals surface area (Å²) in [6.07, 6.45) is 1.87. The molecule has 1 aliphatic heterocycles. The largest absolute Gasteiger partial charge is 0.490 e. The molecule has 0 radical (unpaired) electrons. The van der Waals surface area contributed by atoms with Crippen LogP contribution in [-0.4, -0.2) is 46.1 Å². The van der Waals surface area contributed by atoms with Gasteiger partial charge in [0.05, 0.1) is 0 Å². The van der Waals surface area contributed by atoms with Crippen LogP contribution in [0.5, 0.6) is 5.75 Å². The molecule has 28 heavy (non-hydrogen) atoms. The summed E-state index contributed by atoms with van der Waals surface area (Å²) in [5.74, 6) is 2.09. The van der Waals surface area contributed by atoms with Crippen LogP contribution in [0, 0.1) is 19.7 Å². The lowest BCUT2D eigenvalue weighted by Crippen LogP contribution is -2.39. The fourth-order valence-electron chi connectivity index (χ4n) is 3.57. The second-order valence-corrected chi connectivity index (χ2v) is 7.12. The topological polar surface area (TPSA) is 64.8 Å². The number of nitrogens with zero attached hydrogens (tertiary/aromatic N) is 5. The molecule has 0 bridgehead atoms. The van der Waals surface area contributed by atoms with Crippen LogP contribution in [0.1, 0.15) is 29.8 Å². The standard InChI is InChI=1S/C20H24FN5O2/c1-13-14(2)20(24-26-18(12-27-3)22-23-19(13)26)25-10-8-17(9-11-25)28-16-6-4-15(21)5-7-16/h4-7,17H,8-12H2,1-3H3. The van der Waals surface area contributed by atoms with E-state index in [2.05, 4.69) is 22.0 Å². The molecule has 1 fully saturated rings. The zero-order chi connectivity index (χ0) is 19.7. The Balaban J connectivity index is 1.50. The molecule has 0 atom stereocenters. The molecule has 3 heterocycles. The van der Waals surface area contributed by atoms with Crippen molar-refractivity contribution in [2.45, 2.75) is 39.4 Å². The molecule has 1 aromatic carbocycles. The highest BCUT2D eigenvalue weighted by Crippen LogP contribution is 2.27. The SMILES string of the molecule is COCc1nnc2c(C)c(C)c(N3CCC(Oc4ccc(F)cc4)CC3)nn12. The summed E-state index contributed by atoms with van der Waals surface area (Å²) in [7, 11) is 1.63. The van der Waals surface area contributed by atoms with E-state index >= 15 is 0 Å². The molecule has 7 nitrogen and oxygen atoms in total. The van der Waals surface area contributed by atoms with Crippen molar-refractivity contribution in [2.24, 2.45) is 0 Å². The fraction of sp³-hybridized carbons (Fsp3) is 0.450. The Hall–Kier alpha value is -2.74. The Kier molecular flexibility index (Phi) is 5.13. The molecule has 2 aromatic heterocycles. The molecular formula is C20H24FN5O2. The molecule has 8 heteroatoms. The molecule has 0 N–H and O–H groups in total. The van der Waals surface area contributed by atoms with Crippen LogP contribution in [-0.2, 0) is 11.3 Å². The Bertz CT molecular complexity index is 965. The van der Waals surface area contributed by atoms with Crippen LogP contribution in [0.3, 0.4) is 0 Å². The van der Waals surface area contributed by atoms with Gasteiger partial charge in [-0.2, -0.15) is 4.52 Å². The Labute approximate surface area is 163 Å². The van der Waals surface area contributed by atoms with E-state index in [4.69, 9.17) is 14.6 Å². The normalized spacial score (nSPS) is 15.4. The van der Waals surface area contributed by atoms with Crippen LogP contribution >= 0.6 is 0 Å². The smallest absolute Gasteiger partial charge is 0.181 e. The second kappa shape index (κ2) is 7.71. The first-order valence-corrected chi connectivity index (χ1v) is 9.44. The van der Waals surface area contributed by atoms with E-state index in [0.717, 1.165) is 48.5 Å². The molecular weight excluding hydrogens is 361 g/mol. The number of fused-ring (bicyclic) bond motifs is 1. The summed E-state index contributed by atoms with van der Waals surface area (Å²) >= 11 is 0. The van der Waals surface area contributed by atoms with Crippen LogP contribution in [0.25, 0.3) is 5.65 Å². The number of halogens is 1. The third kappa shape index (κ3) is 3.52. The summed E-state index contributed by atoms with van der Waals surface area (Å²) in [5, 5.41) is 13.3. The van der Waals surface area contributed by atoms with Crippen molar-refractivity contribution < 1.29 is 13.9 Å². The first kappa shape index (κ1) is 18.6. The Morgan fingerprint density at radius 1 is 1.07 bits per heavy atom. The summed E-state index contributed by atoms with van der Waals surface area (Å²) in [6, 6.07) is 6.20. The first-order chi connectivity index (χ1) is 13.6. The van der Waals surface area contributed by atoms with E-state index in [-0.39, 0.29) is 11.9 Å². The Morgan fingerprint density at radius 2 is 1.79 bits per heavy atom. The third-order valence-corrected chi connectivity index (χ3v) is 5.26. The number of benzene rings is 1. The maximum Gasteiger partial charge on any atom is 0.181 e. The highest BCUT2D eigenvalue weighted by Gasteiger charge is 2.25. The van der Waals surface area contributed by atoms with Crippen molar-refractivity contribution in [1.29, 1.82) is 0 Å². The van der Waals surface area contributed by atoms with Crippen LogP contribution < -0.4 is 9.64 Å². The summed E-state index contributed by atoms with van der Waals surface area (Å²) in [6.45, 7) is 6.16. The van der Waals surface area contributed by atoms with Crippen LogP contribution in [0.4, 0.5) is 10.2 Å². The lowest BCUT2D eigenvalue weighted by molar-refractivity contribution is 0.170. The maximum absolute atomic E-state index is 13.1. The van der Waals surface area contributed by atoms with Gasteiger partial charge in [0.25, 0.3) is 0 Å². The molecule has 0 spiro atoms. The number of aromatic nitrogens is 4. The van der Waals surface area contributed by atoms with Crippen molar-refractivity contribution in [3.05, 3.63) is 47.0 Å². The zero-order valence-electron chi connectivity index (χ0n) is 16.4. The minimum Gasteiger partial charge on any atom is -0.490 e. The number of methoxy groups -OCH3 is 1. The molecule has 0 saturated carbocycles. The van der Waals surface area contributed by atoms with E-state index in [1.165, 1.54) is 12.1 Å². The number of anilines is 1. The maximum atomic E-state index is 13.1. The average molecular weight is 385 g/mol. The molecule has 4 rings (SSSR count). The summed E-state index contributed by atoms with van der Waals surface area (Å²) in [4.78, 5) is 2.28. The second-order valence-electron chi connectivity index (χ2n) is 7.12. The van der Waals surface area contributed by atoms with Crippen molar-refractivity contribution in [1.82, 2.24) is 19.8 Å². The highest BCUT2D eigenvalue weighted by atomic mass is 19.1. The molecule has 0 amide bonds. The van der Waals surface area contributed by atoms with E-state index < -0.39 is 0 Å². The molecule has 0 aliphatic carbocycles. The fourth-order valence-corrected chi connectivity index (χ4v) is 3.57. The quantitative estimate of drug-likeness (QED) is 0.673. The summed E-state index contributed by atoms with van der Waals surface area (Å²) in [5.41, 5.74) is 2.95. The molecule has 1 aliphatic rings. The van der Waals surface area contributed by atoms with Crippen LogP contribution in [0.15, 0.2) is 24.3 Å². The van der Waals surface area contributed by atoms with Crippen molar-refractivity contribution in [3.8, 4) is 5.75 Å². The summed E-state index contributed by atoms with van der Waals surface area (Å²) < 4.78 is 26.0. The van der Waals surface area contributed by atoms with E-state index in [1.807, 2.05) is 6.92 Å². The van der Waals surface area contributed by atoms with Gasteiger partial charge >= 0.3 is 0 Å². The molecule has 1 saturated heterocycles. The Morgan fingerprint density at radius 3 is 2.46 bits per heavy atom. The monoisotopic (exact) mass is 385 g/mol. The number of ether oxygens (including phenoxy) is 2. The third-order valence-electron chi connectivity index (χ3n) is 5.26. The van der Waals surface area contributed by atoms with Gasteiger partial charge in [0.2, 0.25) is 0 Å². The number of rotatable bonds is 5. The van der Waals surface area contributed by atoms with Gasteiger partial charge in [-0.3, -0.25) is 0 Å². The van der Waals surface area contributed by atoms with Crippen molar-refractivity contribution in [2.75, 3.05) is 25.1 Å². The minimum atomic E-state index is -0.253. The molecule has 3 aromatic rings. The van der Waals surface area contributed by atoms with E-state index in [1.54, 1.807) is 23.8 Å². The van der Waals surface area contributed by atoms with Gasteiger partial charge in [0, 0.05) is 44.2 Å². The van der Waals surface area contributed by atoms with E-state index in [0.29, 0.717) is 18.2 Å². The zero-order valence-corrected chi connectivity index (χ0v) is 16.4. The number of hydrogen-bond donors (Lipinski definition) is 0. The highest BCUT2D eigenvalue weighted by molar-refractivity contribution is 5.59. The predicted molar refractivity (Wildman–Crippen MR) is 103 cm³/mol. The predicted octanol–water partition coefficient (Wildman–Crippen LogP) is 3.07. The van der Waals surface area contributed by atoms with Crippen LogP contribution in [0.2, 0.25) is 0 Å². The average Bonchev–Trinajstić information content (AvgIpc) is 3.10. The number of hydrogen-bond acceptors (Lipinski definition) is 6. The molecule has 0 unspecified atom stereocenters. The van der Waals surface area contributed by atoms with Gasteiger partial charge in [0.1, 0.15) is 24.3 Å². The lowest BCUT2D eigenvalue weighted by atomic mass is 10.1. The number of piperidine rings is 1. The van der Waals surface area contributed by atoms with Gasteiger partial charge < -0.3 is 14.4 Å². The van der Waals surface area contributed by atoms with Gasteiger partial charge in [-0.1, -0.05) is 0 Å².